The topological polar surface area (TPSA) is 83.7 Å². The molecule has 0 N–H and O–H groups in total. The summed E-state index contributed by atoms with van der Waals surface area (Å²) >= 11 is 0. The van der Waals surface area contributed by atoms with Crippen LogP contribution in [-0.2, 0) is 19.6 Å². The predicted octanol–water partition coefficient (Wildman–Crippen LogP) is 1.43. The fraction of sp³-hybridized carbons (Fsp3) is 0.769. The van der Waals surface area contributed by atoms with Crippen molar-refractivity contribution in [2.24, 2.45) is 0 Å². The Kier molecular flexibility index (Phi) is 3.25. The number of fused-ring (bicyclic) bond motifs is 1. The summed E-state index contributed by atoms with van der Waals surface area (Å²) in [5.41, 5.74) is -0.445. The second kappa shape index (κ2) is 4.82. The van der Waals surface area contributed by atoms with Gasteiger partial charge in [-0.05, 0) is 31.3 Å². The molecule has 2 aliphatic rings. The Hall–Kier alpha value is -1.47. The average molecular weight is 282 g/mol. The summed E-state index contributed by atoms with van der Waals surface area (Å²) < 4.78 is 21.7. The Balaban J connectivity index is 1.94. The smallest absolute Gasteiger partial charge is 0.379 e. The third-order valence-electron chi connectivity index (χ3n) is 4.33. The summed E-state index contributed by atoms with van der Waals surface area (Å²) in [4.78, 5) is 15.9. The van der Waals surface area contributed by atoms with Crippen LogP contribution in [-0.4, -0.2) is 42.2 Å². The van der Waals surface area contributed by atoms with E-state index in [2.05, 4.69) is 10.1 Å². The van der Waals surface area contributed by atoms with Crippen molar-refractivity contribution < 1.29 is 23.5 Å². The molecule has 0 unspecified atom stereocenters. The molecule has 7 heteroatoms. The third kappa shape index (κ3) is 1.69. The van der Waals surface area contributed by atoms with Crippen LogP contribution < -0.4 is 0 Å². The molecule has 1 aromatic rings. The highest BCUT2D eigenvalue weighted by atomic mass is 16.7. The quantitative estimate of drug-likeness (QED) is 0.772. The molecule has 0 amide bonds. The van der Waals surface area contributed by atoms with Gasteiger partial charge in [-0.2, -0.15) is 4.98 Å². The molecule has 0 spiro atoms. The minimum absolute atomic E-state index is 0.0416. The van der Waals surface area contributed by atoms with Crippen molar-refractivity contribution in [2.45, 2.75) is 43.8 Å². The van der Waals surface area contributed by atoms with Gasteiger partial charge in [0.05, 0.1) is 13.2 Å². The van der Waals surface area contributed by atoms with Crippen molar-refractivity contribution in [3.8, 4) is 0 Å². The first kappa shape index (κ1) is 13.5. The van der Waals surface area contributed by atoms with Crippen molar-refractivity contribution in [3.63, 3.8) is 0 Å². The molecule has 2 heterocycles. The Morgan fingerprint density at radius 3 is 3.00 bits per heavy atom. The zero-order chi connectivity index (χ0) is 14.2. The number of rotatable bonds is 4. The van der Waals surface area contributed by atoms with E-state index in [9.17, 15) is 4.79 Å². The van der Waals surface area contributed by atoms with E-state index in [4.69, 9.17) is 18.7 Å². The van der Waals surface area contributed by atoms with Crippen LogP contribution in [0.4, 0.5) is 0 Å². The van der Waals surface area contributed by atoms with Crippen LogP contribution >= 0.6 is 0 Å². The number of hydrogen-bond acceptors (Lipinski definition) is 7. The van der Waals surface area contributed by atoms with Gasteiger partial charge in [0.25, 0.3) is 5.82 Å². The van der Waals surface area contributed by atoms with E-state index in [0.717, 1.165) is 25.7 Å². The fourth-order valence-electron chi connectivity index (χ4n) is 3.40. The summed E-state index contributed by atoms with van der Waals surface area (Å²) in [6, 6.07) is 0. The summed E-state index contributed by atoms with van der Waals surface area (Å²) in [5, 5.41) is 3.73. The lowest BCUT2D eigenvalue weighted by Crippen LogP contribution is -2.45. The van der Waals surface area contributed by atoms with Crippen molar-refractivity contribution in [3.05, 3.63) is 11.7 Å². The molecule has 1 aromatic heterocycles. The van der Waals surface area contributed by atoms with E-state index >= 15 is 0 Å². The van der Waals surface area contributed by atoms with Gasteiger partial charge in [0.15, 0.2) is 5.79 Å². The molecule has 7 nitrogen and oxygen atoms in total. The van der Waals surface area contributed by atoms with Gasteiger partial charge in [-0.15, -0.1) is 0 Å². The molecule has 20 heavy (non-hydrogen) atoms. The number of ether oxygens (including phenoxy) is 3. The number of hydrogen-bond donors (Lipinski definition) is 0. The number of nitrogens with zero attached hydrogens (tertiary/aromatic N) is 2. The molecular formula is C13H18N2O5. The molecule has 0 bridgehead atoms. The summed E-state index contributed by atoms with van der Waals surface area (Å²) in [6.07, 6.45) is 3.36. The minimum atomic E-state index is -0.703. The molecule has 2 atom stereocenters. The van der Waals surface area contributed by atoms with E-state index in [1.54, 1.807) is 14.0 Å². The molecule has 3 rings (SSSR count). The lowest BCUT2D eigenvalue weighted by molar-refractivity contribution is -0.216. The molecule has 1 saturated heterocycles. The number of aromatic nitrogens is 2. The monoisotopic (exact) mass is 282 g/mol. The van der Waals surface area contributed by atoms with Gasteiger partial charge in [-0.1, -0.05) is 0 Å². The van der Waals surface area contributed by atoms with Crippen molar-refractivity contribution in [1.29, 1.82) is 0 Å². The van der Waals surface area contributed by atoms with Crippen LogP contribution in [0.2, 0.25) is 0 Å². The van der Waals surface area contributed by atoms with Crippen LogP contribution in [0.5, 0.6) is 0 Å². The first-order valence-corrected chi connectivity index (χ1v) is 6.88. The maximum atomic E-state index is 11.6. The number of carbonyl (C=O) groups excluding carboxylic acids is 1. The van der Waals surface area contributed by atoms with Gasteiger partial charge in [-0.25, -0.2) is 4.79 Å². The van der Waals surface area contributed by atoms with E-state index in [1.807, 2.05) is 0 Å². The highest BCUT2D eigenvalue weighted by Crippen LogP contribution is 2.56. The Bertz CT molecular complexity index is 503. The van der Waals surface area contributed by atoms with Gasteiger partial charge in [0, 0.05) is 13.5 Å². The van der Waals surface area contributed by atoms with Crippen molar-refractivity contribution >= 4 is 5.97 Å². The first-order valence-electron chi connectivity index (χ1n) is 6.88. The van der Waals surface area contributed by atoms with Gasteiger partial charge < -0.3 is 18.7 Å². The lowest BCUT2D eigenvalue weighted by atomic mass is 9.80. The van der Waals surface area contributed by atoms with Crippen LogP contribution in [0.1, 0.15) is 49.1 Å². The maximum absolute atomic E-state index is 11.6. The summed E-state index contributed by atoms with van der Waals surface area (Å²) in [5.74, 6) is -0.901. The molecule has 0 radical (unpaired) electrons. The van der Waals surface area contributed by atoms with Gasteiger partial charge in [-0.3, -0.25) is 0 Å². The Morgan fingerprint density at radius 2 is 2.25 bits per heavy atom. The molecular weight excluding hydrogens is 264 g/mol. The van der Waals surface area contributed by atoms with E-state index in [1.165, 1.54) is 0 Å². The van der Waals surface area contributed by atoms with Crippen LogP contribution in [0.15, 0.2) is 4.52 Å². The van der Waals surface area contributed by atoms with Crippen LogP contribution in [0.25, 0.3) is 0 Å². The molecule has 1 aliphatic carbocycles. The zero-order valence-electron chi connectivity index (χ0n) is 11.7. The van der Waals surface area contributed by atoms with Crippen molar-refractivity contribution in [2.75, 3.05) is 20.3 Å². The highest BCUT2D eigenvalue weighted by Gasteiger charge is 2.64. The van der Waals surface area contributed by atoms with Gasteiger partial charge in [0.1, 0.15) is 5.41 Å². The predicted molar refractivity (Wildman–Crippen MR) is 66.1 cm³/mol. The molecule has 110 valence electrons. The van der Waals surface area contributed by atoms with Crippen LogP contribution in [0, 0.1) is 0 Å². The fourth-order valence-corrected chi connectivity index (χ4v) is 3.40. The van der Waals surface area contributed by atoms with Gasteiger partial charge in [0.2, 0.25) is 5.89 Å². The second-order valence-electron chi connectivity index (χ2n) is 5.13. The van der Waals surface area contributed by atoms with Crippen LogP contribution in [0.3, 0.4) is 0 Å². The number of esters is 1. The number of carbonyl (C=O) groups is 1. The van der Waals surface area contributed by atoms with Crippen molar-refractivity contribution in [1.82, 2.24) is 10.1 Å². The largest absolute Gasteiger partial charge is 0.460 e. The molecule has 0 aromatic carbocycles. The molecule has 2 fully saturated rings. The lowest BCUT2D eigenvalue weighted by Gasteiger charge is -2.34. The minimum Gasteiger partial charge on any atom is -0.460 e. The van der Waals surface area contributed by atoms with E-state index < -0.39 is 17.2 Å². The standard InChI is InChI=1S/C13H18N2O5/c1-3-18-10(16)9-14-11(20-15-9)12-5-4-6-13(12,17-2)19-8-7-12/h3-8H2,1-2H3/t12-,13-/m1/s1. The molecule has 1 saturated carbocycles. The third-order valence-corrected chi connectivity index (χ3v) is 4.33. The summed E-state index contributed by atoms with van der Waals surface area (Å²) in [7, 11) is 1.63. The average Bonchev–Trinajstić information content (AvgIpc) is 3.11. The van der Waals surface area contributed by atoms with E-state index in [0.29, 0.717) is 12.5 Å². The first-order chi connectivity index (χ1) is 9.67. The maximum Gasteiger partial charge on any atom is 0.379 e. The second-order valence-corrected chi connectivity index (χ2v) is 5.13. The number of methoxy groups -OCH3 is 1. The normalized spacial score (nSPS) is 32.3. The Labute approximate surface area is 116 Å². The Morgan fingerprint density at radius 1 is 1.40 bits per heavy atom. The molecule has 1 aliphatic heterocycles. The van der Waals surface area contributed by atoms with Gasteiger partial charge >= 0.3 is 5.97 Å². The highest BCUT2D eigenvalue weighted by molar-refractivity contribution is 5.84. The summed E-state index contributed by atoms with van der Waals surface area (Å²) in [6.45, 7) is 2.60. The zero-order valence-corrected chi connectivity index (χ0v) is 11.7. The van der Waals surface area contributed by atoms with E-state index in [-0.39, 0.29) is 12.4 Å². The SMILES string of the molecule is CCOC(=O)c1noc([C@]23CCC[C@@]2(OC)OCC3)n1.